The van der Waals surface area contributed by atoms with Crippen LogP contribution in [0.15, 0.2) is 50.9 Å². The smallest absolute Gasteiger partial charge is 0.276 e. The zero-order chi connectivity index (χ0) is 19.9. The van der Waals surface area contributed by atoms with Gasteiger partial charge in [0.15, 0.2) is 11.5 Å². The molecule has 0 aliphatic carbocycles. The Balaban J connectivity index is 2.22. The minimum atomic E-state index is -3.75. The highest BCUT2D eigenvalue weighted by Gasteiger charge is 2.14. The van der Waals surface area contributed by atoms with Crippen molar-refractivity contribution >= 4 is 32.2 Å². The van der Waals surface area contributed by atoms with Gasteiger partial charge in [-0.05, 0) is 42.8 Å². The fourth-order valence-corrected chi connectivity index (χ4v) is 3.21. The van der Waals surface area contributed by atoms with Crippen molar-refractivity contribution in [3.8, 4) is 17.2 Å². The third-order valence-electron chi connectivity index (χ3n) is 3.44. The number of methoxy groups -OCH3 is 2. The molecular weight excluding hydrogens is 436 g/mol. The topological polar surface area (TPSA) is 86.2 Å². The van der Waals surface area contributed by atoms with Crippen LogP contribution in [0.4, 0.5) is 0 Å². The van der Waals surface area contributed by atoms with E-state index in [0.29, 0.717) is 29.4 Å². The van der Waals surface area contributed by atoms with Crippen LogP contribution in [0.2, 0.25) is 0 Å². The van der Waals surface area contributed by atoms with Crippen LogP contribution in [0.1, 0.15) is 18.9 Å². The number of sulfonamides is 1. The Kier molecular flexibility index (Phi) is 7.49. The molecule has 0 saturated carbocycles. The Morgan fingerprint density at radius 1 is 1.11 bits per heavy atom. The zero-order valence-electron chi connectivity index (χ0n) is 15.2. The minimum Gasteiger partial charge on any atom is -0.493 e. The fourth-order valence-electron chi connectivity index (χ4n) is 2.16. The average Bonchev–Trinajstić information content (AvgIpc) is 2.66. The van der Waals surface area contributed by atoms with Gasteiger partial charge in [-0.15, -0.1) is 0 Å². The maximum Gasteiger partial charge on any atom is 0.276 e. The molecular formula is C18H21BrN2O5S. The van der Waals surface area contributed by atoms with E-state index in [-0.39, 0.29) is 4.90 Å². The van der Waals surface area contributed by atoms with Crippen LogP contribution in [0.3, 0.4) is 0 Å². The number of nitrogens with zero attached hydrogens (tertiary/aromatic N) is 1. The van der Waals surface area contributed by atoms with E-state index < -0.39 is 10.0 Å². The molecule has 0 heterocycles. The number of hydrazone groups is 1. The number of halogens is 1. The summed E-state index contributed by atoms with van der Waals surface area (Å²) in [6, 6.07) is 9.61. The molecule has 2 rings (SSSR count). The van der Waals surface area contributed by atoms with E-state index in [1.54, 1.807) is 24.3 Å². The molecule has 27 heavy (non-hydrogen) atoms. The summed E-state index contributed by atoms with van der Waals surface area (Å²) in [7, 11) is -0.717. The van der Waals surface area contributed by atoms with E-state index in [4.69, 9.17) is 14.2 Å². The van der Waals surface area contributed by atoms with Crippen LogP contribution in [0.5, 0.6) is 17.2 Å². The summed E-state index contributed by atoms with van der Waals surface area (Å²) >= 11 is 3.27. The average molecular weight is 457 g/mol. The van der Waals surface area contributed by atoms with Crippen molar-refractivity contribution in [3.05, 3.63) is 46.4 Å². The number of nitrogens with one attached hydrogen (secondary N) is 1. The molecule has 0 amide bonds. The van der Waals surface area contributed by atoms with Crippen LogP contribution in [0.25, 0.3) is 0 Å². The second-order valence-corrected chi connectivity index (χ2v) is 7.99. The summed E-state index contributed by atoms with van der Waals surface area (Å²) in [6.07, 6.45) is 2.21. The summed E-state index contributed by atoms with van der Waals surface area (Å²) in [5.74, 6) is 1.44. The van der Waals surface area contributed by atoms with Crippen LogP contribution in [-0.2, 0) is 10.0 Å². The molecule has 0 atom stereocenters. The van der Waals surface area contributed by atoms with E-state index in [0.717, 1.165) is 10.9 Å². The molecule has 0 unspecified atom stereocenters. The normalized spacial score (nSPS) is 11.4. The predicted octanol–water partition coefficient (Wildman–Crippen LogP) is 3.57. The highest BCUT2D eigenvalue weighted by Crippen LogP contribution is 2.38. The SMILES string of the molecule is CCCOc1c(OC)cc(/C=N/NS(=O)(=O)c2ccc(Br)cc2)cc1OC. The van der Waals surface area contributed by atoms with Crippen LogP contribution in [0, 0.1) is 0 Å². The molecule has 0 aliphatic heterocycles. The lowest BCUT2D eigenvalue weighted by molar-refractivity contribution is 0.275. The molecule has 0 aromatic heterocycles. The quantitative estimate of drug-likeness (QED) is 0.460. The van der Waals surface area contributed by atoms with E-state index in [2.05, 4.69) is 25.9 Å². The van der Waals surface area contributed by atoms with Crippen molar-refractivity contribution in [2.75, 3.05) is 20.8 Å². The van der Waals surface area contributed by atoms with Gasteiger partial charge in [0.05, 0.1) is 31.9 Å². The molecule has 2 aromatic carbocycles. The van der Waals surface area contributed by atoms with Crippen molar-refractivity contribution in [2.24, 2.45) is 5.10 Å². The maximum absolute atomic E-state index is 12.2. The molecule has 0 spiro atoms. The molecule has 0 saturated heterocycles. The summed E-state index contributed by atoms with van der Waals surface area (Å²) < 4.78 is 41.6. The van der Waals surface area contributed by atoms with Crippen molar-refractivity contribution in [3.63, 3.8) is 0 Å². The van der Waals surface area contributed by atoms with Gasteiger partial charge in [-0.3, -0.25) is 0 Å². The van der Waals surface area contributed by atoms with Gasteiger partial charge in [0, 0.05) is 10.0 Å². The largest absolute Gasteiger partial charge is 0.493 e. The van der Waals surface area contributed by atoms with Gasteiger partial charge in [-0.2, -0.15) is 13.5 Å². The number of benzene rings is 2. The second-order valence-electron chi connectivity index (χ2n) is 5.41. The molecule has 9 heteroatoms. The lowest BCUT2D eigenvalue weighted by atomic mass is 10.2. The Bertz CT molecular complexity index is 873. The fraction of sp³-hybridized carbons (Fsp3) is 0.278. The third kappa shape index (κ3) is 5.61. The van der Waals surface area contributed by atoms with Crippen molar-refractivity contribution < 1.29 is 22.6 Å². The zero-order valence-corrected chi connectivity index (χ0v) is 17.6. The summed E-state index contributed by atoms with van der Waals surface area (Å²) in [5, 5.41) is 3.83. The number of ether oxygens (including phenoxy) is 3. The van der Waals surface area contributed by atoms with Gasteiger partial charge in [-0.1, -0.05) is 22.9 Å². The molecule has 2 aromatic rings. The molecule has 0 bridgehead atoms. The molecule has 0 fully saturated rings. The van der Waals surface area contributed by atoms with Crippen LogP contribution >= 0.6 is 15.9 Å². The standard InChI is InChI=1S/C18H21BrN2O5S/c1-4-9-26-18-16(24-2)10-13(11-17(18)25-3)12-20-21-27(22,23)15-7-5-14(19)6-8-15/h5-8,10-12,21H,4,9H2,1-3H3/b20-12+. The summed E-state index contributed by atoms with van der Waals surface area (Å²) in [6.45, 7) is 2.52. The monoisotopic (exact) mass is 456 g/mol. The summed E-state index contributed by atoms with van der Waals surface area (Å²) in [4.78, 5) is 2.29. The highest BCUT2D eigenvalue weighted by atomic mass is 79.9. The molecule has 0 radical (unpaired) electrons. The van der Waals surface area contributed by atoms with Gasteiger partial charge < -0.3 is 14.2 Å². The predicted molar refractivity (Wildman–Crippen MR) is 107 cm³/mol. The first-order valence-corrected chi connectivity index (χ1v) is 10.4. The van der Waals surface area contributed by atoms with Crippen molar-refractivity contribution in [1.82, 2.24) is 4.83 Å². The molecule has 7 nitrogen and oxygen atoms in total. The first-order valence-electron chi connectivity index (χ1n) is 8.10. The van der Waals surface area contributed by atoms with E-state index in [1.165, 1.54) is 32.6 Å². The van der Waals surface area contributed by atoms with Gasteiger partial charge in [-0.25, -0.2) is 4.83 Å². The number of hydrogen-bond donors (Lipinski definition) is 1. The molecule has 146 valence electrons. The third-order valence-corrected chi connectivity index (χ3v) is 5.21. The van der Waals surface area contributed by atoms with Crippen molar-refractivity contribution in [2.45, 2.75) is 18.2 Å². The second kappa shape index (κ2) is 9.61. The maximum atomic E-state index is 12.2. The van der Waals surface area contributed by atoms with Gasteiger partial charge in [0.25, 0.3) is 10.0 Å². The molecule has 0 aliphatic rings. The van der Waals surface area contributed by atoms with E-state index in [9.17, 15) is 8.42 Å². The first kappa shape index (κ1) is 21.0. The van der Waals surface area contributed by atoms with Gasteiger partial charge in [0.2, 0.25) is 5.75 Å². The number of rotatable bonds is 9. The summed E-state index contributed by atoms with van der Waals surface area (Å²) in [5.41, 5.74) is 0.589. The van der Waals surface area contributed by atoms with Crippen LogP contribution < -0.4 is 19.0 Å². The van der Waals surface area contributed by atoms with E-state index in [1.807, 2.05) is 6.92 Å². The Morgan fingerprint density at radius 2 is 1.70 bits per heavy atom. The van der Waals surface area contributed by atoms with Crippen LogP contribution in [-0.4, -0.2) is 35.5 Å². The van der Waals surface area contributed by atoms with Gasteiger partial charge >= 0.3 is 0 Å². The first-order chi connectivity index (χ1) is 12.9. The Hall–Kier alpha value is -2.26. The number of hydrogen-bond acceptors (Lipinski definition) is 6. The lowest BCUT2D eigenvalue weighted by Crippen LogP contribution is -2.18. The Labute approximate surface area is 167 Å². The minimum absolute atomic E-state index is 0.112. The lowest BCUT2D eigenvalue weighted by Gasteiger charge is -2.14. The Morgan fingerprint density at radius 3 is 2.22 bits per heavy atom. The molecule has 1 N–H and O–H groups in total. The van der Waals surface area contributed by atoms with Gasteiger partial charge in [0.1, 0.15) is 0 Å². The van der Waals surface area contributed by atoms with Crippen molar-refractivity contribution in [1.29, 1.82) is 0 Å². The highest BCUT2D eigenvalue weighted by molar-refractivity contribution is 9.10. The van der Waals surface area contributed by atoms with E-state index >= 15 is 0 Å².